The fraction of sp³-hybridized carbons (Fsp3) is 0.250. The highest BCUT2D eigenvalue weighted by atomic mass is 35.5. The van der Waals surface area contributed by atoms with Crippen LogP contribution < -0.4 is 14.8 Å². The molecule has 0 aliphatic carbocycles. The van der Waals surface area contributed by atoms with E-state index in [9.17, 15) is 0 Å². The third-order valence-electron chi connectivity index (χ3n) is 4.86. The lowest BCUT2D eigenvalue weighted by Gasteiger charge is -2.10. The van der Waals surface area contributed by atoms with E-state index >= 15 is 0 Å². The monoisotopic (exact) mass is 367 g/mol. The van der Waals surface area contributed by atoms with Crippen molar-refractivity contribution in [2.45, 2.75) is 19.3 Å². The minimum atomic E-state index is 0.270. The van der Waals surface area contributed by atoms with Crippen LogP contribution in [0.4, 0.5) is 5.82 Å². The molecule has 3 heterocycles. The van der Waals surface area contributed by atoms with Gasteiger partial charge in [0.1, 0.15) is 5.82 Å². The summed E-state index contributed by atoms with van der Waals surface area (Å²) in [5.41, 5.74) is 4.10. The van der Waals surface area contributed by atoms with Crippen LogP contribution >= 0.6 is 11.6 Å². The summed E-state index contributed by atoms with van der Waals surface area (Å²) in [6.45, 7) is 1.20. The first-order chi connectivity index (χ1) is 12.8. The number of rotatable bonds is 2. The predicted octanol–water partition coefficient (Wildman–Crippen LogP) is 4.67. The molecular weight excluding hydrogens is 350 g/mol. The van der Waals surface area contributed by atoms with E-state index in [1.54, 1.807) is 0 Å². The van der Waals surface area contributed by atoms with E-state index in [4.69, 9.17) is 26.2 Å². The molecule has 0 radical (unpaired) electrons. The number of anilines is 1. The molecule has 5 rings (SSSR count). The number of hydrogen-bond acceptors (Lipinski definition) is 4. The number of halogens is 1. The Kier molecular flexibility index (Phi) is 3.75. The van der Waals surface area contributed by atoms with Gasteiger partial charge in [0, 0.05) is 17.7 Å². The Morgan fingerprint density at radius 3 is 2.85 bits per heavy atom. The van der Waals surface area contributed by atoms with Crippen molar-refractivity contribution in [3.8, 4) is 28.4 Å². The van der Waals surface area contributed by atoms with Crippen molar-refractivity contribution in [3.05, 3.63) is 53.1 Å². The summed E-state index contributed by atoms with van der Waals surface area (Å²) in [5, 5.41) is 9.16. The molecule has 0 bridgehead atoms. The average molecular weight is 368 g/mol. The molecule has 0 saturated heterocycles. The third kappa shape index (κ3) is 2.51. The molecule has 1 N–H and O–H groups in total. The van der Waals surface area contributed by atoms with Gasteiger partial charge < -0.3 is 14.8 Å². The largest absolute Gasteiger partial charge is 0.454 e. The zero-order valence-corrected chi connectivity index (χ0v) is 14.9. The van der Waals surface area contributed by atoms with Gasteiger partial charge in [0.2, 0.25) is 6.79 Å². The first kappa shape index (κ1) is 15.6. The topological polar surface area (TPSA) is 48.3 Å². The van der Waals surface area contributed by atoms with E-state index in [2.05, 4.69) is 5.32 Å². The van der Waals surface area contributed by atoms with Crippen molar-refractivity contribution in [3.63, 3.8) is 0 Å². The molecule has 3 aromatic rings. The van der Waals surface area contributed by atoms with E-state index in [-0.39, 0.29) is 6.79 Å². The number of aromatic nitrogens is 2. The van der Waals surface area contributed by atoms with Gasteiger partial charge in [-0.2, -0.15) is 5.10 Å². The molecule has 0 saturated carbocycles. The van der Waals surface area contributed by atoms with Crippen molar-refractivity contribution in [1.29, 1.82) is 0 Å². The van der Waals surface area contributed by atoms with Crippen LogP contribution in [0.1, 0.15) is 18.4 Å². The van der Waals surface area contributed by atoms with Crippen molar-refractivity contribution in [2.75, 3.05) is 18.7 Å². The lowest BCUT2D eigenvalue weighted by atomic mass is 10.0. The number of fused-ring (bicyclic) bond motifs is 2. The minimum absolute atomic E-state index is 0.270. The summed E-state index contributed by atoms with van der Waals surface area (Å²) in [6, 6.07) is 13.8. The van der Waals surface area contributed by atoms with Gasteiger partial charge in [-0.05, 0) is 49.6 Å². The third-order valence-corrected chi connectivity index (χ3v) is 5.18. The standard InChI is InChI=1S/C20H18ClN3O2/c21-15-6-1-2-7-16(15)24-20-14(5-3-4-10-22-20)19(23-24)13-8-9-17-18(11-13)26-12-25-17/h1-2,6-9,11,22H,3-5,10,12H2. The average Bonchev–Trinajstić information content (AvgIpc) is 3.19. The second kappa shape index (κ2) is 6.25. The molecule has 0 spiro atoms. The fourth-order valence-corrected chi connectivity index (χ4v) is 3.79. The van der Waals surface area contributed by atoms with Crippen LogP contribution in [0, 0.1) is 0 Å². The number of nitrogens with one attached hydrogen (secondary N) is 1. The van der Waals surface area contributed by atoms with E-state index in [1.165, 1.54) is 5.56 Å². The maximum Gasteiger partial charge on any atom is 0.231 e. The highest BCUT2D eigenvalue weighted by Crippen LogP contribution is 2.40. The molecule has 0 unspecified atom stereocenters. The smallest absolute Gasteiger partial charge is 0.231 e. The van der Waals surface area contributed by atoms with Crippen molar-refractivity contribution in [2.24, 2.45) is 0 Å². The Balaban J connectivity index is 1.70. The van der Waals surface area contributed by atoms with Gasteiger partial charge in [-0.1, -0.05) is 23.7 Å². The van der Waals surface area contributed by atoms with E-state index < -0.39 is 0 Å². The summed E-state index contributed by atoms with van der Waals surface area (Å²) in [6.07, 6.45) is 3.25. The van der Waals surface area contributed by atoms with Crippen LogP contribution in [-0.4, -0.2) is 23.1 Å². The lowest BCUT2D eigenvalue weighted by Crippen LogP contribution is -2.07. The molecule has 6 heteroatoms. The normalized spacial score (nSPS) is 15.3. The molecule has 0 atom stereocenters. The summed E-state index contributed by atoms with van der Waals surface area (Å²) in [7, 11) is 0. The maximum atomic E-state index is 6.45. The van der Waals surface area contributed by atoms with Crippen LogP contribution in [0.15, 0.2) is 42.5 Å². The maximum absolute atomic E-state index is 6.45. The quantitative estimate of drug-likeness (QED) is 0.715. The Hall–Kier alpha value is -2.66. The minimum Gasteiger partial charge on any atom is -0.454 e. The molecule has 0 fully saturated rings. The summed E-state index contributed by atoms with van der Waals surface area (Å²) >= 11 is 6.45. The first-order valence-corrected chi connectivity index (χ1v) is 9.20. The SMILES string of the molecule is Clc1ccccc1-n1nc(-c2ccc3c(c2)OCO3)c2c1NCCCC2. The van der Waals surface area contributed by atoms with E-state index in [1.807, 2.05) is 47.1 Å². The lowest BCUT2D eigenvalue weighted by molar-refractivity contribution is 0.174. The highest BCUT2D eigenvalue weighted by molar-refractivity contribution is 6.32. The highest BCUT2D eigenvalue weighted by Gasteiger charge is 2.24. The molecule has 1 aromatic heterocycles. The number of nitrogens with zero attached hydrogens (tertiary/aromatic N) is 2. The van der Waals surface area contributed by atoms with Gasteiger partial charge in [-0.15, -0.1) is 0 Å². The van der Waals surface area contributed by atoms with Crippen LogP contribution in [0.2, 0.25) is 5.02 Å². The number of hydrogen-bond donors (Lipinski definition) is 1. The van der Waals surface area contributed by atoms with Gasteiger partial charge in [0.15, 0.2) is 11.5 Å². The Morgan fingerprint density at radius 2 is 1.92 bits per heavy atom. The Labute approximate surface area is 156 Å². The van der Waals surface area contributed by atoms with Crippen molar-refractivity contribution in [1.82, 2.24) is 9.78 Å². The van der Waals surface area contributed by atoms with Crippen LogP contribution in [0.25, 0.3) is 16.9 Å². The van der Waals surface area contributed by atoms with Gasteiger partial charge in [-0.3, -0.25) is 0 Å². The molecule has 0 amide bonds. The molecule has 2 aliphatic rings. The molecular formula is C20H18ClN3O2. The van der Waals surface area contributed by atoms with Crippen LogP contribution in [0.5, 0.6) is 11.5 Å². The second-order valence-corrected chi connectivity index (χ2v) is 6.90. The van der Waals surface area contributed by atoms with Gasteiger partial charge in [0.25, 0.3) is 0 Å². The predicted molar refractivity (Wildman–Crippen MR) is 102 cm³/mol. The van der Waals surface area contributed by atoms with Crippen molar-refractivity contribution < 1.29 is 9.47 Å². The molecule has 2 aliphatic heterocycles. The molecule has 132 valence electrons. The first-order valence-electron chi connectivity index (χ1n) is 8.82. The van der Waals surface area contributed by atoms with E-state index in [0.29, 0.717) is 5.02 Å². The summed E-state index contributed by atoms with van der Waals surface area (Å²) in [4.78, 5) is 0. The summed E-state index contributed by atoms with van der Waals surface area (Å²) < 4.78 is 12.9. The molecule has 2 aromatic carbocycles. The zero-order valence-electron chi connectivity index (χ0n) is 14.2. The zero-order chi connectivity index (χ0) is 17.5. The Morgan fingerprint density at radius 1 is 1.04 bits per heavy atom. The van der Waals surface area contributed by atoms with Gasteiger partial charge >= 0.3 is 0 Å². The summed E-state index contributed by atoms with van der Waals surface area (Å²) in [5.74, 6) is 2.58. The molecule has 5 nitrogen and oxygen atoms in total. The van der Waals surface area contributed by atoms with Crippen molar-refractivity contribution >= 4 is 17.4 Å². The van der Waals surface area contributed by atoms with Gasteiger partial charge in [-0.25, -0.2) is 4.68 Å². The number of ether oxygens (including phenoxy) is 2. The van der Waals surface area contributed by atoms with Gasteiger partial charge in [0.05, 0.1) is 16.4 Å². The van der Waals surface area contributed by atoms with Crippen LogP contribution in [0.3, 0.4) is 0 Å². The van der Waals surface area contributed by atoms with Crippen LogP contribution in [-0.2, 0) is 6.42 Å². The number of benzene rings is 2. The second-order valence-electron chi connectivity index (χ2n) is 6.49. The Bertz CT molecular complexity index is 983. The van der Waals surface area contributed by atoms with E-state index in [0.717, 1.165) is 60.1 Å². The fourth-order valence-electron chi connectivity index (χ4n) is 3.58. The molecule has 26 heavy (non-hydrogen) atoms. The number of para-hydroxylation sites is 1.